The zero-order chi connectivity index (χ0) is 44.7. The standard InChI is InChI=1S/C24H25FN2O3S.C24H23FN2O3S/c2*1-15(2)23-21(14-28)22(16-8-10-18(25)11-9-16)20-13-27(31(3,29)30)12-17-6-4-5-7-19(17)24(20)26-23/h4-11,15,28H,12-14H2,1-3H3;4-11,14-15H,12-13H2,1-3H3. The summed E-state index contributed by atoms with van der Waals surface area (Å²) in [6.07, 6.45) is 3.14. The van der Waals surface area contributed by atoms with Gasteiger partial charge in [-0.1, -0.05) is 100 Å². The largest absolute Gasteiger partial charge is 0.392 e. The number of fused-ring (bicyclic) bond motifs is 6. The lowest BCUT2D eigenvalue weighted by Crippen LogP contribution is -2.28. The minimum Gasteiger partial charge on any atom is -0.392 e. The smallest absolute Gasteiger partial charge is 0.211 e. The van der Waals surface area contributed by atoms with Crippen molar-refractivity contribution in [2.75, 3.05) is 12.5 Å². The second kappa shape index (κ2) is 17.7. The van der Waals surface area contributed by atoms with Gasteiger partial charge in [0.15, 0.2) is 6.29 Å². The molecule has 2 aromatic heterocycles. The predicted octanol–water partition coefficient (Wildman–Crippen LogP) is 9.21. The summed E-state index contributed by atoms with van der Waals surface area (Å²) in [6.45, 7) is 8.32. The third-order valence-electron chi connectivity index (χ3n) is 11.3. The van der Waals surface area contributed by atoms with Gasteiger partial charge in [0.25, 0.3) is 0 Å². The third kappa shape index (κ3) is 8.88. The molecule has 2 aliphatic rings. The number of pyridine rings is 2. The number of halogens is 2. The maximum absolute atomic E-state index is 13.7. The average Bonchev–Trinajstić information content (AvgIpc) is 3.51. The van der Waals surface area contributed by atoms with Crippen molar-refractivity contribution in [2.24, 2.45) is 0 Å². The molecule has 0 bridgehead atoms. The lowest BCUT2D eigenvalue weighted by atomic mass is 9.88. The molecule has 1 N–H and O–H groups in total. The first kappa shape index (κ1) is 44.5. The molecule has 0 saturated carbocycles. The number of rotatable bonds is 8. The summed E-state index contributed by atoms with van der Waals surface area (Å²) in [6, 6.07) is 27.2. The first-order valence-corrected chi connectivity index (χ1v) is 23.9. The van der Waals surface area contributed by atoms with Crippen molar-refractivity contribution in [3.63, 3.8) is 0 Å². The number of carbonyl (C=O) groups is 1. The van der Waals surface area contributed by atoms with Crippen LogP contribution in [0.25, 0.3) is 44.8 Å². The van der Waals surface area contributed by atoms with Crippen molar-refractivity contribution >= 4 is 26.3 Å². The van der Waals surface area contributed by atoms with Crippen LogP contribution in [-0.4, -0.2) is 59.3 Å². The Morgan fingerprint density at radius 1 is 0.613 bits per heavy atom. The maximum Gasteiger partial charge on any atom is 0.211 e. The summed E-state index contributed by atoms with van der Waals surface area (Å²) in [7, 11) is -7.03. The van der Waals surface area contributed by atoms with Crippen LogP contribution in [0.4, 0.5) is 8.78 Å². The number of aliphatic hydroxyl groups excluding tert-OH is 1. The molecule has 322 valence electrons. The lowest BCUT2D eigenvalue weighted by Gasteiger charge is -2.24. The molecule has 2 aliphatic heterocycles. The Bertz CT molecular complexity index is 2900. The van der Waals surface area contributed by atoms with E-state index < -0.39 is 20.0 Å². The summed E-state index contributed by atoms with van der Waals surface area (Å²) >= 11 is 0. The molecule has 6 aromatic rings. The van der Waals surface area contributed by atoms with Crippen molar-refractivity contribution in [3.8, 4) is 44.8 Å². The van der Waals surface area contributed by atoms with E-state index in [-0.39, 0.29) is 56.3 Å². The fraction of sp³-hybridized carbons (Fsp3) is 0.271. The number of nitrogens with zero attached hydrogens (tertiary/aromatic N) is 4. The summed E-state index contributed by atoms with van der Waals surface area (Å²) in [5.74, 6) is -0.746. The van der Waals surface area contributed by atoms with Gasteiger partial charge in [0.1, 0.15) is 11.6 Å². The highest BCUT2D eigenvalue weighted by molar-refractivity contribution is 7.88. The highest BCUT2D eigenvalue weighted by Gasteiger charge is 2.33. The minimum atomic E-state index is -3.53. The summed E-state index contributed by atoms with van der Waals surface area (Å²) in [4.78, 5) is 22.1. The van der Waals surface area contributed by atoms with Gasteiger partial charge in [-0.15, -0.1) is 0 Å². The van der Waals surface area contributed by atoms with Gasteiger partial charge in [-0.3, -0.25) is 14.8 Å². The molecule has 8 rings (SSSR count). The Morgan fingerprint density at radius 2 is 1.02 bits per heavy atom. The van der Waals surface area contributed by atoms with E-state index in [2.05, 4.69) is 0 Å². The van der Waals surface area contributed by atoms with E-state index in [9.17, 15) is 35.5 Å². The molecule has 4 heterocycles. The molecule has 10 nitrogen and oxygen atoms in total. The average molecular weight is 879 g/mol. The van der Waals surface area contributed by atoms with Gasteiger partial charge in [-0.25, -0.2) is 25.6 Å². The number of aromatic nitrogens is 2. The second-order valence-corrected chi connectivity index (χ2v) is 20.2. The molecule has 0 spiro atoms. The highest BCUT2D eigenvalue weighted by atomic mass is 32.2. The van der Waals surface area contributed by atoms with E-state index in [0.29, 0.717) is 44.9 Å². The molecule has 0 saturated heterocycles. The molecule has 62 heavy (non-hydrogen) atoms. The van der Waals surface area contributed by atoms with Crippen LogP contribution in [0.3, 0.4) is 0 Å². The van der Waals surface area contributed by atoms with Crippen LogP contribution in [0.1, 0.15) is 89.1 Å². The molecule has 4 aromatic carbocycles. The number of benzene rings is 4. The molecule has 0 fully saturated rings. The van der Waals surface area contributed by atoms with Crippen molar-refractivity contribution in [2.45, 2.75) is 72.3 Å². The van der Waals surface area contributed by atoms with Crippen LogP contribution < -0.4 is 0 Å². The minimum absolute atomic E-state index is 0.0353. The molecule has 0 atom stereocenters. The monoisotopic (exact) mass is 878 g/mol. The number of carbonyl (C=O) groups excluding carboxylic acids is 1. The van der Waals surface area contributed by atoms with Crippen LogP contribution in [0, 0.1) is 11.6 Å². The predicted molar refractivity (Wildman–Crippen MR) is 238 cm³/mol. The van der Waals surface area contributed by atoms with Crippen LogP contribution in [0.5, 0.6) is 0 Å². The Kier molecular flexibility index (Phi) is 12.7. The van der Waals surface area contributed by atoms with Crippen molar-refractivity contribution < 1.29 is 35.5 Å². The number of aldehydes is 1. The van der Waals surface area contributed by atoms with Gasteiger partial charge in [-0.05, 0) is 63.9 Å². The number of hydrogen-bond acceptors (Lipinski definition) is 8. The Hall–Kier alpha value is -5.51. The van der Waals surface area contributed by atoms with Gasteiger partial charge in [0.2, 0.25) is 20.0 Å². The normalized spacial score (nSPS) is 14.2. The lowest BCUT2D eigenvalue weighted by molar-refractivity contribution is 0.112. The molecule has 0 radical (unpaired) electrons. The topological polar surface area (TPSA) is 138 Å². The number of hydrogen-bond donors (Lipinski definition) is 1. The van der Waals surface area contributed by atoms with Crippen LogP contribution in [0.15, 0.2) is 97.1 Å². The first-order valence-electron chi connectivity index (χ1n) is 20.2. The highest BCUT2D eigenvalue weighted by Crippen LogP contribution is 2.43. The maximum atomic E-state index is 13.7. The van der Waals surface area contributed by atoms with Gasteiger partial charge >= 0.3 is 0 Å². The van der Waals surface area contributed by atoms with Crippen LogP contribution >= 0.6 is 0 Å². The molecule has 0 aliphatic carbocycles. The second-order valence-electron chi connectivity index (χ2n) is 16.3. The van der Waals surface area contributed by atoms with Gasteiger partial charge < -0.3 is 5.11 Å². The molecule has 0 unspecified atom stereocenters. The van der Waals surface area contributed by atoms with E-state index in [0.717, 1.165) is 50.9 Å². The zero-order valence-corrected chi connectivity index (χ0v) is 37.0. The van der Waals surface area contributed by atoms with Gasteiger partial charge in [0, 0.05) is 70.8 Å². The molecule has 14 heteroatoms. The Morgan fingerprint density at radius 3 is 1.42 bits per heavy atom. The summed E-state index contributed by atoms with van der Waals surface area (Å²) in [5.41, 5.74) is 11.3. The van der Waals surface area contributed by atoms with Crippen LogP contribution in [-0.2, 0) is 52.8 Å². The van der Waals surface area contributed by atoms with E-state index in [4.69, 9.17) is 9.97 Å². The van der Waals surface area contributed by atoms with Crippen LogP contribution in [0.2, 0.25) is 0 Å². The van der Waals surface area contributed by atoms with Crippen molar-refractivity contribution in [1.29, 1.82) is 0 Å². The van der Waals surface area contributed by atoms with Gasteiger partial charge in [-0.2, -0.15) is 8.61 Å². The summed E-state index contributed by atoms with van der Waals surface area (Å²) < 4.78 is 80.4. The summed E-state index contributed by atoms with van der Waals surface area (Å²) in [5, 5.41) is 10.3. The fourth-order valence-corrected chi connectivity index (χ4v) is 9.77. The number of aliphatic hydroxyl groups is 1. The Labute approximate surface area is 362 Å². The van der Waals surface area contributed by atoms with Crippen molar-refractivity contribution in [3.05, 3.63) is 153 Å². The van der Waals surface area contributed by atoms with Crippen molar-refractivity contribution in [1.82, 2.24) is 18.6 Å². The molecular weight excluding hydrogens is 831 g/mol. The third-order valence-corrected chi connectivity index (χ3v) is 13.7. The quantitative estimate of drug-likeness (QED) is 0.150. The molecular formula is C48H48F2N4O6S2. The fourth-order valence-electron chi connectivity index (χ4n) is 8.29. The first-order chi connectivity index (χ1) is 29.4. The van der Waals surface area contributed by atoms with Gasteiger partial charge in [0.05, 0.1) is 36.2 Å². The number of sulfonamides is 2. The SMILES string of the molecule is CC(C)c1nc2c(c(-c3ccc(F)cc3)c1C=O)CN(S(C)(=O)=O)Cc1ccccc1-2.CC(C)c1nc2c(c(-c3ccc(F)cc3)c1CO)CN(S(C)(=O)=O)Cc1ccccc1-2. The zero-order valence-electron chi connectivity index (χ0n) is 35.4. The Balaban J connectivity index is 0.000000186. The van der Waals surface area contributed by atoms with E-state index in [1.165, 1.54) is 45.4 Å². The van der Waals surface area contributed by atoms with E-state index in [1.54, 1.807) is 24.3 Å². The molecule has 0 amide bonds. The van der Waals surface area contributed by atoms with E-state index in [1.807, 2.05) is 76.2 Å². The van der Waals surface area contributed by atoms with E-state index >= 15 is 0 Å².